The normalized spacial score (nSPS) is 15.4. The molecule has 1 saturated carbocycles. The number of carbonyl (C=O) groups excluding carboxylic acids is 1. The van der Waals surface area contributed by atoms with E-state index in [-0.39, 0.29) is 11.7 Å². The summed E-state index contributed by atoms with van der Waals surface area (Å²) >= 11 is 0. The lowest BCUT2D eigenvalue weighted by Crippen LogP contribution is -2.18. The average molecular weight is 302 g/mol. The van der Waals surface area contributed by atoms with E-state index >= 15 is 0 Å². The van der Waals surface area contributed by atoms with Crippen LogP contribution in [0.1, 0.15) is 66.4 Å². The third-order valence-electron chi connectivity index (χ3n) is 4.23. The molecular weight excluding hydrogens is 280 g/mol. The Morgan fingerprint density at radius 1 is 1.41 bits per heavy atom. The first-order valence-corrected chi connectivity index (χ1v) is 7.92. The Balaban J connectivity index is 1.84. The third-order valence-corrected chi connectivity index (χ3v) is 4.23. The Morgan fingerprint density at radius 2 is 2.14 bits per heavy atom. The fourth-order valence-electron chi connectivity index (χ4n) is 3.01. The molecule has 2 heterocycles. The van der Waals surface area contributed by atoms with Crippen LogP contribution in [0.25, 0.3) is 0 Å². The molecule has 0 aliphatic heterocycles. The fourth-order valence-corrected chi connectivity index (χ4v) is 3.01. The summed E-state index contributed by atoms with van der Waals surface area (Å²) in [7, 11) is 0. The van der Waals surface area contributed by atoms with Crippen molar-refractivity contribution in [3.63, 3.8) is 0 Å². The van der Waals surface area contributed by atoms with Gasteiger partial charge in [-0.15, -0.1) is 0 Å². The van der Waals surface area contributed by atoms with Crippen LogP contribution < -0.4 is 5.32 Å². The van der Waals surface area contributed by atoms with E-state index in [1.54, 1.807) is 13.1 Å². The number of aromatic nitrogens is 3. The summed E-state index contributed by atoms with van der Waals surface area (Å²) in [4.78, 5) is 16.7. The first-order valence-electron chi connectivity index (χ1n) is 7.92. The molecule has 0 spiro atoms. The van der Waals surface area contributed by atoms with Crippen molar-refractivity contribution in [1.82, 2.24) is 14.8 Å². The molecule has 2 aromatic rings. The van der Waals surface area contributed by atoms with E-state index in [0.29, 0.717) is 24.0 Å². The Morgan fingerprint density at radius 3 is 2.77 bits per heavy atom. The van der Waals surface area contributed by atoms with Gasteiger partial charge in [-0.1, -0.05) is 19.8 Å². The third kappa shape index (κ3) is 2.65. The molecule has 0 bridgehead atoms. The molecule has 22 heavy (non-hydrogen) atoms. The Hall–Kier alpha value is -2.11. The topological polar surface area (TPSA) is 73.0 Å². The van der Waals surface area contributed by atoms with Crippen LogP contribution in [-0.2, 0) is 6.42 Å². The number of carbonyl (C=O) groups is 1. The van der Waals surface area contributed by atoms with Gasteiger partial charge in [0.15, 0.2) is 5.89 Å². The number of hydrogen-bond acceptors (Lipinski definition) is 4. The highest BCUT2D eigenvalue weighted by Gasteiger charge is 2.24. The van der Waals surface area contributed by atoms with Crippen LogP contribution in [0, 0.1) is 13.8 Å². The van der Waals surface area contributed by atoms with Crippen molar-refractivity contribution < 1.29 is 9.21 Å². The predicted octanol–water partition coefficient (Wildman–Crippen LogP) is 3.42. The van der Waals surface area contributed by atoms with Crippen LogP contribution in [-0.4, -0.2) is 20.7 Å². The van der Waals surface area contributed by atoms with Crippen molar-refractivity contribution in [2.24, 2.45) is 0 Å². The number of nitrogens with zero attached hydrogens (tertiary/aromatic N) is 3. The maximum Gasteiger partial charge on any atom is 0.294 e. The Kier molecular flexibility index (Phi) is 4.00. The zero-order valence-corrected chi connectivity index (χ0v) is 13.3. The van der Waals surface area contributed by atoms with Gasteiger partial charge in [-0.05, 0) is 26.7 Å². The van der Waals surface area contributed by atoms with Crippen molar-refractivity contribution in [3.8, 4) is 0 Å². The van der Waals surface area contributed by atoms with Crippen molar-refractivity contribution >= 4 is 11.7 Å². The quantitative estimate of drug-likeness (QED) is 0.939. The molecular formula is C16H22N4O2. The maximum absolute atomic E-state index is 12.5. The molecule has 0 saturated heterocycles. The molecule has 1 N–H and O–H groups in total. The van der Waals surface area contributed by atoms with Gasteiger partial charge < -0.3 is 9.73 Å². The Bertz CT molecular complexity index is 680. The maximum atomic E-state index is 12.5. The minimum absolute atomic E-state index is 0.257. The lowest BCUT2D eigenvalue weighted by molar-refractivity contribution is 0.0993. The molecule has 118 valence electrons. The van der Waals surface area contributed by atoms with Crippen molar-refractivity contribution in [2.45, 2.75) is 58.9 Å². The van der Waals surface area contributed by atoms with E-state index < -0.39 is 0 Å². The average Bonchev–Trinajstić information content (AvgIpc) is 3.20. The molecule has 1 aliphatic rings. The van der Waals surface area contributed by atoms with Gasteiger partial charge in [0.1, 0.15) is 5.82 Å². The fraction of sp³-hybridized carbons (Fsp3) is 0.562. The second-order valence-electron chi connectivity index (χ2n) is 5.89. The van der Waals surface area contributed by atoms with Crippen molar-refractivity contribution in [3.05, 3.63) is 29.1 Å². The molecule has 0 aromatic carbocycles. The van der Waals surface area contributed by atoms with Crippen LogP contribution in [0.2, 0.25) is 0 Å². The molecule has 6 nitrogen and oxygen atoms in total. The molecule has 1 amide bonds. The number of nitrogens with one attached hydrogen (secondary N) is 1. The van der Waals surface area contributed by atoms with E-state index in [0.717, 1.165) is 24.2 Å². The van der Waals surface area contributed by atoms with Gasteiger partial charge in [-0.3, -0.25) is 4.79 Å². The van der Waals surface area contributed by atoms with Crippen molar-refractivity contribution in [1.29, 1.82) is 0 Å². The van der Waals surface area contributed by atoms with Crippen LogP contribution in [0.4, 0.5) is 5.82 Å². The summed E-state index contributed by atoms with van der Waals surface area (Å²) in [5.74, 6) is 1.39. The van der Waals surface area contributed by atoms with Gasteiger partial charge in [0.2, 0.25) is 5.76 Å². The number of hydrogen-bond donors (Lipinski definition) is 1. The van der Waals surface area contributed by atoms with E-state index in [9.17, 15) is 4.79 Å². The van der Waals surface area contributed by atoms with E-state index in [2.05, 4.69) is 15.4 Å². The van der Waals surface area contributed by atoms with E-state index in [4.69, 9.17) is 4.42 Å². The number of amides is 1. The van der Waals surface area contributed by atoms with Gasteiger partial charge in [0.25, 0.3) is 5.91 Å². The first kappa shape index (κ1) is 14.8. The summed E-state index contributed by atoms with van der Waals surface area (Å²) in [5, 5.41) is 7.40. The summed E-state index contributed by atoms with van der Waals surface area (Å²) in [5.41, 5.74) is 1.59. The summed E-state index contributed by atoms with van der Waals surface area (Å²) in [6.45, 7) is 5.70. The minimum atomic E-state index is -0.257. The highest BCUT2D eigenvalue weighted by molar-refractivity contribution is 6.02. The molecule has 0 radical (unpaired) electrons. The second kappa shape index (κ2) is 5.94. The SMILES string of the molecule is CCc1nc(C)c(C(=O)Nc2c(C)cnn2C2CCCC2)o1. The van der Waals surface area contributed by atoms with Gasteiger partial charge >= 0.3 is 0 Å². The number of oxazole rings is 1. The lowest BCUT2D eigenvalue weighted by atomic mass is 10.2. The highest BCUT2D eigenvalue weighted by atomic mass is 16.4. The molecule has 0 unspecified atom stereocenters. The number of rotatable bonds is 4. The molecule has 6 heteroatoms. The van der Waals surface area contributed by atoms with Crippen LogP contribution in [0.5, 0.6) is 0 Å². The molecule has 1 aliphatic carbocycles. The monoisotopic (exact) mass is 302 g/mol. The number of anilines is 1. The summed E-state index contributed by atoms with van der Waals surface area (Å²) < 4.78 is 7.48. The second-order valence-corrected chi connectivity index (χ2v) is 5.89. The largest absolute Gasteiger partial charge is 0.435 e. The van der Waals surface area contributed by atoms with E-state index in [1.807, 2.05) is 18.5 Å². The predicted molar refractivity (Wildman–Crippen MR) is 83.0 cm³/mol. The van der Waals surface area contributed by atoms with Crippen LogP contribution in [0.15, 0.2) is 10.6 Å². The number of aryl methyl sites for hydroxylation is 3. The van der Waals surface area contributed by atoms with Gasteiger partial charge in [0.05, 0.1) is 17.9 Å². The summed E-state index contributed by atoms with van der Waals surface area (Å²) in [6, 6.07) is 0.381. The highest BCUT2D eigenvalue weighted by Crippen LogP contribution is 2.32. The molecule has 0 atom stereocenters. The summed E-state index contributed by atoms with van der Waals surface area (Å²) in [6.07, 6.45) is 7.15. The van der Waals surface area contributed by atoms with Gasteiger partial charge in [-0.2, -0.15) is 5.10 Å². The Labute approximate surface area is 129 Å². The molecule has 2 aromatic heterocycles. The van der Waals surface area contributed by atoms with Crippen LogP contribution >= 0.6 is 0 Å². The molecule has 1 fully saturated rings. The van der Waals surface area contributed by atoms with E-state index in [1.165, 1.54) is 12.8 Å². The standard InChI is InChI=1S/C16H22N4O2/c1-4-13-18-11(3)14(22-13)16(21)19-15-10(2)9-17-20(15)12-7-5-6-8-12/h9,12H,4-8H2,1-3H3,(H,19,21). The minimum Gasteiger partial charge on any atom is -0.435 e. The zero-order valence-electron chi connectivity index (χ0n) is 13.3. The smallest absolute Gasteiger partial charge is 0.294 e. The zero-order chi connectivity index (χ0) is 15.7. The molecule has 3 rings (SSSR count). The lowest BCUT2D eigenvalue weighted by Gasteiger charge is -2.15. The first-order chi connectivity index (χ1) is 10.6. The van der Waals surface area contributed by atoms with Gasteiger partial charge in [-0.25, -0.2) is 9.67 Å². The van der Waals surface area contributed by atoms with Crippen molar-refractivity contribution in [2.75, 3.05) is 5.32 Å². The van der Waals surface area contributed by atoms with Crippen LogP contribution in [0.3, 0.4) is 0 Å². The van der Waals surface area contributed by atoms with Gasteiger partial charge in [0, 0.05) is 12.0 Å².